The Kier molecular flexibility index (Phi) is 6.60. The number of aromatic nitrogens is 4. The van der Waals surface area contributed by atoms with Crippen molar-refractivity contribution in [3.8, 4) is 0 Å². The Balaban J connectivity index is 1.06. The minimum absolute atomic E-state index is 0.311. The summed E-state index contributed by atoms with van der Waals surface area (Å²) in [6.45, 7) is 4.33. The van der Waals surface area contributed by atoms with Crippen molar-refractivity contribution in [1.82, 2.24) is 24.5 Å². The van der Waals surface area contributed by atoms with Gasteiger partial charge in [0.1, 0.15) is 5.82 Å². The van der Waals surface area contributed by atoms with Crippen LogP contribution < -0.4 is 5.32 Å². The van der Waals surface area contributed by atoms with Crippen molar-refractivity contribution in [3.05, 3.63) is 89.5 Å². The maximum absolute atomic E-state index is 13.0. The van der Waals surface area contributed by atoms with Crippen molar-refractivity contribution >= 4 is 17.4 Å². The zero-order chi connectivity index (χ0) is 25.2. The smallest absolute Gasteiger partial charge is 0.222 e. The molecule has 2 fully saturated rings. The number of piperidine rings is 1. The van der Waals surface area contributed by atoms with Crippen LogP contribution in [0.3, 0.4) is 0 Å². The van der Waals surface area contributed by atoms with E-state index in [0.29, 0.717) is 36.6 Å². The second kappa shape index (κ2) is 10.3. The van der Waals surface area contributed by atoms with Gasteiger partial charge in [-0.1, -0.05) is 36.4 Å². The highest BCUT2D eigenvalue weighted by molar-refractivity contribution is 5.76. The van der Waals surface area contributed by atoms with E-state index in [0.717, 1.165) is 60.6 Å². The van der Waals surface area contributed by atoms with Crippen LogP contribution in [0.15, 0.2) is 67.1 Å². The van der Waals surface area contributed by atoms with Crippen molar-refractivity contribution in [3.63, 3.8) is 0 Å². The summed E-state index contributed by atoms with van der Waals surface area (Å²) in [6.07, 6.45) is 10.3. The summed E-state index contributed by atoms with van der Waals surface area (Å²) in [4.78, 5) is 24.2. The fourth-order valence-corrected chi connectivity index (χ4v) is 5.69. The van der Waals surface area contributed by atoms with Crippen molar-refractivity contribution < 1.29 is 4.79 Å². The van der Waals surface area contributed by atoms with E-state index < -0.39 is 0 Å². The number of amides is 1. The monoisotopic (exact) mass is 494 g/mol. The van der Waals surface area contributed by atoms with Gasteiger partial charge in [-0.25, -0.2) is 4.98 Å². The van der Waals surface area contributed by atoms with Crippen LogP contribution in [0.2, 0.25) is 0 Å². The third-order valence-electron chi connectivity index (χ3n) is 8.01. The van der Waals surface area contributed by atoms with E-state index in [9.17, 15) is 4.79 Å². The molecule has 2 aliphatic rings. The largest absolute Gasteiger partial charge is 0.366 e. The number of anilines is 1. The average Bonchev–Trinajstić information content (AvgIpc) is 3.65. The molecule has 3 aromatic heterocycles. The zero-order valence-corrected chi connectivity index (χ0v) is 21.4. The molecule has 37 heavy (non-hydrogen) atoms. The number of aryl methyl sites for hydroxylation is 1. The minimum atomic E-state index is 0.311. The first-order valence-electron chi connectivity index (χ1n) is 13.5. The van der Waals surface area contributed by atoms with Crippen molar-refractivity contribution in [2.75, 3.05) is 18.4 Å². The van der Waals surface area contributed by atoms with Gasteiger partial charge >= 0.3 is 0 Å². The summed E-state index contributed by atoms with van der Waals surface area (Å²) in [5.74, 6) is 2.90. The second-order valence-corrected chi connectivity index (χ2v) is 10.6. The first-order valence-corrected chi connectivity index (χ1v) is 13.5. The lowest BCUT2D eigenvalue weighted by Crippen LogP contribution is -2.38. The highest BCUT2D eigenvalue weighted by atomic mass is 16.2. The minimum Gasteiger partial charge on any atom is -0.366 e. The van der Waals surface area contributed by atoms with Gasteiger partial charge < -0.3 is 10.2 Å². The molecule has 1 aromatic carbocycles. The van der Waals surface area contributed by atoms with E-state index in [4.69, 9.17) is 4.98 Å². The molecule has 1 amide bonds. The topological polar surface area (TPSA) is 75.4 Å². The number of fused-ring (bicyclic) bond motifs is 1. The summed E-state index contributed by atoms with van der Waals surface area (Å²) in [6, 6.07) is 16.9. The van der Waals surface area contributed by atoms with Crippen LogP contribution >= 0.6 is 0 Å². The predicted molar refractivity (Wildman–Crippen MR) is 144 cm³/mol. The molecule has 1 saturated heterocycles. The van der Waals surface area contributed by atoms with Crippen LogP contribution in [-0.4, -0.2) is 43.5 Å². The lowest BCUT2D eigenvalue weighted by Gasteiger charge is -2.32. The molecule has 4 heterocycles. The number of hydrogen-bond donors (Lipinski definition) is 1. The predicted octanol–water partition coefficient (Wildman–Crippen LogP) is 5.33. The Hall–Kier alpha value is -3.74. The van der Waals surface area contributed by atoms with Crippen molar-refractivity contribution in [2.24, 2.45) is 5.92 Å². The Morgan fingerprint density at radius 1 is 1.08 bits per heavy atom. The van der Waals surface area contributed by atoms with E-state index >= 15 is 0 Å². The normalized spacial score (nSPS) is 19.8. The molecule has 4 aromatic rings. The molecule has 6 rings (SSSR count). The summed E-state index contributed by atoms with van der Waals surface area (Å²) >= 11 is 0. The SMILES string of the molecule is Cc1cnn2c(NCc3cccnc3)cc(C3CCN(C(=O)CC[C@@H]4C[C@H]4c4ccccc4)CC3)nc12. The van der Waals surface area contributed by atoms with E-state index in [1.54, 1.807) is 6.20 Å². The van der Waals surface area contributed by atoms with Gasteiger partial charge in [-0.05, 0) is 61.6 Å². The van der Waals surface area contributed by atoms with Crippen LogP contribution in [0.1, 0.15) is 66.3 Å². The van der Waals surface area contributed by atoms with Gasteiger partial charge in [0.05, 0.1) is 6.20 Å². The molecule has 0 unspecified atom stereocenters. The molecule has 0 spiro atoms. The third-order valence-corrected chi connectivity index (χ3v) is 8.01. The molecule has 1 aliphatic heterocycles. The molecule has 1 saturated carbocycles. The quantitative estimate of drug-likeness (QED) is 0.358. The van der Waals surface area contributed by atoms with E-state index in [2.05, 4.69) is 62.8 Å². The lowest BCUT2D eigenvalue weighted by molar-refractivity contribution is -0.132. The molecule has 1 N–H and O–H groups in total. The highest BCUT2D eigenvalue weighted by Crippen LogP contribution is 2.50. The van der Waals surface area contributed by atoms with Gasteiger partial charge in [0.2, 0.25) is 5.91 Å². The van der Waals surface area contributed by atoms with Gasteiger partial charge in [-0.15, -0.1) is 0 Å². The van der Waals surface area contributed by atoms with Crippen LogP contribution in [0.4, 0.5) is 5.82 Å². The highest BCUT2D eigenvalue weighted by Gasteiger charge is 2.38. The molecular formula is C30H34N6O. The van der Waals surface area contributed by atoms with E-state index in [-0.39, 0.29) is 0 Å². The number of likely N-dealkylation sites (tertiary alicyclic amines) is 1. The molecule has 0 bridgehead atoms. The van der Waals surface area contributed by atoms with Gasteiger partial charge in [0.25, 0.3) is 0 Å². The van der Waals surface area contributed by atoms with Crippen LogP contribution in [0.25, 0.3) is 5.65 Å². The summed E-state index contributed by atoms with van der Waals surface area (Å²) in [5.41, 5.74) is 5.58. The van der Waals surface area contributed by atoms with E-state index in [1.165, 1.54) is 12.0 Å². The van der Waals surface area contributed by atoms with Gasteiger partial charge in [-0.3, -0.25) is 9.78 Å². The average molecular weight is 495 g/mol. The summed E-state index contributed by atoms with van der Waals surface area (Å²) in [7, 11) is 0. The zero-order valence-electron chi connectivity index (χ0n) is 21.4. The van der Waals surface area contributed by atoms with Gasteiger partial charge in [0.15, 0.2) is 5.65 Å². The Labute approximate surface area is 217 Å². The molecule has 0 radical (unpaired) electrons. The Bertz CT molecular complexity index is 1360. The van der Waals surface area contributed by atoms with Crippen LogP contribution in [-0.2, 0) is 11.3 Å². The van der Waals surface area contributed by atoms with Crippen LogP contribution in [0, 0.1) is 12.8 Å². The van der Waals surface area contributed by atoms with E-state index in [1.807, 2.05) is 29.9 Å². The van der Waals surface area contributed by atoms with Crippen molar-refractivity contribution in [2.45, 2.75) is 57.4 Å². The maximum Gasteiger partial charge on any atom is 0.222 e. The molecule has 190 valence electrons. The fraction of sp³-hybridized carbons (Fsp3) is 0.400. The number of carbonyl (C=O) groups is 1. The van der Waals surface area contributed by atoms with Crippen LogP contribution in [0.5, 0.6) is 0 Å². The molecular weight excluding hydrogens is 460 g/mol. The van der Waals surface area contributed by atoms with Crippen molar-refractivity contribution in [1.29, 1.82) is 0 Å². The number of nitrogens with zero attached hydrogens (tertiary/aromatic N) is 5. The Morgan fingerprint density at radius 3 is 2.70 bits per heavy atom. The number of hydrogen-bond acceptors (Lipinski definition) is 5. The lowest BCUT2D eigenvalue weighted by atomic mass is 9.92. The summed E-state index contributed by atoms with van der Waals surface area (Å²) < 4.78 is 1.88. The number of carbonyl (C=O) groups excluding carboxylic acids is 1. The number of benzene rings is 1. The first-order chi connectivity index (χ1) is 18.2. The number of pyridine rings is 1. The maximum atomic E-state index is 13.0. The number of nitrogens with one attached hydrogen (secondary N) is 1. The molecule has 7 heteroatoms. The fourth-order valence-electron chi connectivity index (χ4n) is 5.69. The number of rotatable bonds is 8. The molecule has 7 nitrogen and oxygen atoms in total. The van der Waals surface area contributed by atoms with Gasteiger partial charge in [-0.2, -0.15) is 9.61 Å². The second-order valence-electron chi connectivity index (χ2n) is 10.6. The Morgan fingerprint density at radius 2 is 1.92 bits per heavy atom. The molecule has 2 atom stereocenters. The summed E-state index contributed by atoms with van der Waals surface area (Å²) in [5, 5.41) is 8.07. The van der Waals surface area contributed by atoms with Gasteiger partial charge in [0, 0.05) is 61.7 Å². The standard InChI is InChI=1S/C30H34N6O/c1-21-18-33-36-28(32-20-22-6-5-13-31-19-22)17-27(34-30(21)36)24-11-14-35(15-12-24)29(37)10-9-25-16-26(25)23-7-3-2-4-8-23/h2-8,13,17-19,24-26,32H,9-12,14-16,20H2,1H3/t25-,26+/m1/s1. The third kappa shape index (κ3) is 5.22. The molecule has 1 aliphatic carbocycles. The first kappa shape index (κ1) is 23.6.